The van der Waals surface area contributed by atoms with Gasteiger partial charge in [0.15, 0.2) is 5.69 Å². The van der Waals surface area contributed by atoms with Crippen LogP contribution in [0.15, 0.2) is 0 Å². The Morgan fingerprint density at radius 3 is 3.06 bits per heavy atom. The van der Waals surface area contributed by atoms with Crippen LogP contribution in [0.2, 0.25) is 5.02 Å². The fourth-order valence-corrected chi connectivity index (χ4v) is 2.01. The van der Waals surface area contributed by atoms with Gasteiger partial charge in [-0.3, -0.25) is 9.48 Å². The fraction of sp³-hybridized carbons (Fsp3) is 0.636. The minimum Gasteiger partial charge on any atom is -0.374 e. The molecule has 2 N–H and O–H groups in total. The highest BCUT2D eigenvalue weighted by molar-refractivity contribution is 6.34. The van der Waals surface area contributed by atoms with Crippen molar-refractivity contribution in [3.63, 3.8) is 0 Å². The molecule has 1 amide bonds. The molecule has 1 unspecified atom stereocenters. The molecule has 0 bridgehead atoms. The largest absolute Gasteiger partial charge is 0.374 e. The van der Waals surface area contributed by atoms with Crippen LogP contribution in [0.1, 0.15) is 16.2 Å². The van der Waals surface area contributed by atoms with Crippen molar-refractivity contribution in [2.45, 2.75) is 13.0 Å². The van der Waals surface area contributed by atoms with Gasteiger partial charge in [0.05, 0.1) is 23.4 Å². The van der Waals surface area contributed by atoms with Crippen LogP contribution in [0.25, 0.3) is 0 Å². The standard InChI is InChI=1S/C11H17ClN4O2/c1-7-9(12)10(15-16(7)2)11(17)14-6-8-5-13-3-4-18-8/h8,13H,3-6H2,1-2H3,(H,14,17). The number of hydrogen-bond acceptors (Lipinski definition) is 4. The summed E-state index contributed by atoms with van der Waals surface area (Å²) >= 11 is 6.04. The summed E-state index contributed by atoms with van der Waals surface area (Å²) < 4.78 is 7.08. The zero-order valence-electron chi connectivity index (χ0n) is 10.5. The van der Waals surface area contributed by atoms with Crippen molar-refractivity contribution >= 4 is 17.5 Å². The van der Waals surface area contributed by atoms with Gasteiger partial charge >= 0.3 is 0 Å². The van der Waals surface area contributed by atoms with Gasteiger partial charge in [0.25, 0.3) is 5.91 Å². The molecule has 0 saturated carbocycles. The van der Waals surface area contributed by atoms with Crippen molar-refractivity contribution in [2.24, 2.45) is 7.05 Å². The van der Waals surface area contributed by atoms with Gasteiger partial charge in [0, 0.05) is 26.7 Å². The highest BCUT2D eigenvalue weighted by atomic mass is 35.5. The topological polar surface area (TPSA) is 68.2 Å². The Balaban J connectivity index is 1.93. The van der Waals surface area contributed by atoms with Crippen LogP contribution in [0.5, 0.6) is 0 Å². The Hall–Kier alpha value is -1.11. The van der Waals surface area contributed by atoms with Crippen LogP contribution < -0.4 is 10.6 Å². The molecule has 2 rings (SSSR count). The van der Waals surface area contributed by atoms with E-state index in [-0.39, 0.29) is 17.7 Å². The molecule has 1 aromatic heterocycles. The van der Waals surface area contributed by atoms with E-state index in [0.29, 0.717) is 18.2 Å². The summed E-state index contributed by atoms with van der Waals surface area (Å²) in [7, 11) is 1.76. The highest BCUT2D eigenvalue weighted by Gasteiger charge is 2.20. The van der Waals surface area contributed by atoms with Crippen molar-refractivity contribution in [3.8, 4) is 0 Å². The van der Waals surface area contributed by atoms with Crippen molar-refractivity contribution in [3.05, 3.63) is 16.4 Å². The van der Waals surface area contributed by atoms with Crippen molar-refractivity contribution in [1.29, 1.82) is 0 Å². The van der Waals surface area contributed by atoms with E-state index in [0.717, 1.165) is 18.8 Å². The average molecular weight is 273 g/mol. The molecule has 1 saturated heterocycles. The number of halogens is 1. The second-order valence-electron chi connectivity index (χ2n) is 4.28. The second-order valence-corrected chi connectivity index (χ2v) is 4.66. The van der Waals surface area contributed by atoms with Crippen molar-refractivity contribution in [1.82, 2.24) is 20.4 Å². The Labute approximate surface area is 111 Å². The molecular formula is C11H17ClN4O2. The number of carbonyl (C=O) groups is 1. The average Bonchev–Trinajstić information content (AvgIpc) is 2.65. The highest BCUT2D eigenvalue weighted by Crippen LogP contribution is 2.18. The summed E-state index contributed by atoms with van der Waals surface area (Å²) in [4.78, 5) is 11.9. The van der Waals surface area contributed by atoms with E-state index >= 15 is 0 Å². The molecule has 2 heterocycles. The summed E-state index contributed by atoms with van der Waals surface area (Å²) in [5.74, 6) is -0.266. The summed E-state index contributed by atoms with van der Waals surface area (Å²) in [6, 6.07) is 0. The van der Waals surface area contributed by atoms with Crippen LogP contribution >= 0.6 is 11.6 Å². The third-order valence-corrected chi connectivity index (χ3v) is 3.42. The number of ether oxygens (including phenoxy) is 1. The van der Waals surface area contributed by atoms with Crippen LogP contribution in [0.4, 0.5) is 0 Å². The molecule has 100 valence electrons. The van der Waals surface area contributed by atoms with Crippen molar-refractivity contribution < 1.29 is 9.53 Å². The summed E-state index contributed by atoms with van der Waals surface area (Å²) in [6.45, 7) is 4.55. The van der Waals surface area contributed by atoms with E-state index < -0.39 is 0 Å². The Morgan fingerprint density at radius 1 is 1.72 bits per heavy atom. The predicted octanol–water partition coefficient (Wildman–Crippen LogP) is 0.100. The first-order valence-electron chi connectivity index (χ1n) is 5.89. The molecular weight excluding hydrogens is 256 g/mol. The van der Waals surface area contributed by atoms with Crippen LogP contribution in [-0.4, -0.2) is 48.0 Å². The van der Waals surface area contributed by atoms with Gasteiger partial charge in [-0.1, -0.05) is 11.6 Å². The zero-order chi connectivity index (χ0) is 13.1. The van der Waals surface area contributed by atoms with Gasteiger partial charge in [-0.15, -0.1) is 0 Å². The lowest BCUT2D eigenvalue weighted by atomic mass is 10.3. The molecule has 0 aromatic carbocycles. The summed E-state index contributed by atoms with van der Waals surface area (Å²) in [6.07, 6.45) is 0.00582. The van der Waals surface area contributed by atoms with Crippen LogP contribution in [0.3, 0.4) is 0 Å². The van der Waals surface area contributed by atoms with E-state index in [9.17, 15) is 4.79 Å². The molecule has 0 aliphatic carbocycles. The molecule has 18 heavy (non-hydrogen) atoms. The van der Waals surface area contributed by atoms with E-state index in [1.807, 2.05) is 6.92 Å². The second kappa shape index (κ2) is 5.69. The van der Waals surface area contributed by atoms with Gasteiger partial charge in [-0.25, -0.2) is 0 Å². The molecule has 1 aliphatic heterocycles. The maximum absolute atomic E-state index is 11.9. The third-order valence-electron chi connectivity index (χ3n) is 2.97. The zero-order valence-corrected chi connectivity index (χ0v) is 11.3. The Morgan fingerprint density at radius 2 is 2.50 bits per heavy atom. The maximum Gasteiger partial charge on any atom is 0.273 e. The Kier molecular flexibility index (Phi) is 4.21. The smallest absolute Gasteiger partial charge is 0.273 e. The number of nitrogens with one attached hydrogen (secondary N) is 2. The number of aryl methyl sites for hydroxylation is 1. The fourth-order valence-electron chi connectivity index (χ4n) is 1.77. The molecule has 0 spiro atoms. The van der Waals surface area contributed by atoms with Gasteiger partial charge in [-0.2, -0.15) is 5.10 Å². The van der Waals surface area contributed by atoms with E-state index in [4.69, 9.17) is 16.3 Å². The molecule has 1 aliphatic rings. The monoisotopic (exact) mass is 272 g/mol. The lowest BCUT2D eigenvalue weighted by molar-refractivity contribution is 0.0286. The molecule has 6 nitrogen and oxygen atoms in total. The first-order valence-corrected chi connectivity index (χ1v) is 6.27. The molecule has 7 heteroatoms. The SMILES string of the molecule is Cc1c(Cl)c(C(=O)NCC2CNCCO2)nn1C. The molecule has 1 fully saturated rings. The minimum absolute atomic E-state index is 0.00582. The minimum atomic E-state index is -0.266. The maximum atomic E-state index is 11.9. The summed E-state index contributed by atoms with van der Waals surface area (Å²) in [5, 5.41) is 10.5. The number of nitrogens with zero attached hydrogens (tertiary/aromatic N) is 2. The quantitative estimate of drug-likeness (QED) is 0.819. The lowest BCUT2D eigenvalue weighted by Crippen LogP contribution is -2.45. The predicted molar refractivity (Wildman–Crippen MR) is 67.9 cm³/mol. The Bertz CT molecular complexity index is 440. The van der Waals surface area contributed by atoms with E-state index in [1.165, 1.54) is 0 Å². The lowest BCUT2D eigenvalue weighted by Gasteiger charge is -2.23. The number of aromatic nitrogens is 2. The number of amides is 1. The number of rotatable bonds is 3. The first kappa shape index (κ1) is 13.3. The van der Waals surface area contributed by atoms with Crippen LogP contribution in [0, 0.1) is 6.92 Å². The number of hydrogen-bond donors (Lipinski definition) is 2. The van der Waals surface area contributed by atoms with Gasteiger partial charge < -0.3 is 15.4 Å². The van der Waals surface area contributed by atoms with Gasteiger partial charge in [0.1, 0.15) is 0 Å². The van der Waals surface area contributed by atoms with E-state index in [2.05, 4.69) is 15.7 Å². The summed E-state index contributed by atoms with van der Waals surface area (Å²) in [5.41, 5.74) is 1.04. The number of carbonyl (C=O) groups excluding carboxylic acids is 1. The van der Waals surface area contributed by atoms with Gasteiger partial charge in [-0.05, 0) is 6.92 Å². The van der Waals surface area contributed by atoms with E-state index in [1.54, 1.807) is 11.7 Å². The molecule has 1 atom stereocenters. The van der Waals surface area contributed by atoms with Gasteiger partial charge in [0.2, 0.25) is 0 Å². The third kappa shape index (κ3) is 2.82. The normalized spacial score (nSPS) is 19.8. The number of morpholine rings is 1. The molecule has 1 aromatic rings. The first-order chi connectivity index (χ1) is 8.59. The van der Waals surface area contributed by atoms with Crippen LogP contribution in [-0.2, 0) is 11.8 Å². The van der Waals surface area contributed by atoms with Crippen molar-refractivity contribution in [2.75, 3.05) is 26.2 Å². The molecule has 0 radical (unpaired) electrons.